The Morgan fingerprint density at radius 3 is 2.46 bits per heavy atom. The van der Waals surface area contributed by atoms with E-state index in [9.17, 15) is 13.2 Å². The Bertz CT molecular complexity index is 783. The van der Waals surface area contributed by atoms with E-state index >= 15 is 0 Å². The van der Waals surface area contributed by atoms with Gasteiger partial charge in [0.1, 0.15) is 0 Å². The molecule has 0 aromatic heterocycles. The molecule has 1 saturated carbocycles. The fourth-order valence-corrected chi connectivity index (χ4v) is 6.11. The smallest absolute Gasteiger partial charge is 0.241 e. The van der Waals surface area contributed by atoms with Crippen LogP contribution in [0.4, 0.5) is 0 Å². The normalized spacial score (nSPS) is 25.5. The van der Waals surface area contributed by atoms with Crippen molar-refractivity contribution >= 4 is 15.9 Å². The lowest BCUT2D eigenvalue weighted by molar-refractivity contribution is -0.130. The molecule has 2 aliphatic rings. The van der Waals surface area contributed by atoms with Gasteiger partial charge in [-0.2, -0.15) is 0 Å². The van der Waals surface area contributed by atoms with Crippen LogP contribution < -0.4 is 10.5 Å². The molecule has 3 unspecified atom stereocenters. The maximum Gasteiger partial charge on any atom is 0.241 e. The summed E-state index contributed by atoms with van der Waals surface area (Å²) in [5, 5.41) is 0. The van der Waals surface area contributed by atoms with Crippen LogP contribution in [-0.4, -0.2) is 44.9 Å². The summed E-state index contributed by atoms with van der Waals surface area (Å²) in [6, 6.07) is 3.92. The Hall–Kier alpha value is -1.44. The fourth-order valence-electron chi connectivity index (χ4n) is 4.62. The van der Waals surface area contributed by atoms with Gasteiger partial charge in [0, 0.05) is 32.1 Å². The predicted molar refractivity (Wildman–Crippen MR) is 101 cm³/mol. The lowest BCUT2D eigenvalue weighted by Gasteiger charge is -2.19. The van der Waals surface area contributed by atoms with E-state index in [4.69, 9.17) is 5.73 Å². The quantitative estimate of drug-likeness (QED) is 0.810. The molecule has 1 saturated heterocycles. The van der Waals surface area contributed by atoms with E-state index < -0.39 is 10.0 Å². The molecule has 3 N–H and O–H groups in total. The van der Waals surface area contributed by atoms with Crippen LogP contribution >= 0.6 is 0 Å². The minimum absolute atomic E-state index is 0.00616. The highest BCUT2D eigenvalue weighted by atomic mass is 32.2. The number of benzene rings is 1. The topological polar surface area (TPSA) is 92.5 Å². The molecule has 0 bridgehead atoms. The molecule has 1 aromatic rings. The van der Waals surface area contributed by atoms with E-state index in [0.29, 0.717) is 23.3 Å². The van der Waals surface area contributed by atoms with Crippen molar-refractivity contribution in [3.8, 4) is 0 Å². The van der Waals surface area contributed by atoms with Gasteiger partial charge in [-0.1, -0.05) is 17.7 Å². The zero-order valence-electron chi connectivity index (χ0n) is 15.8. The molecule has 3 atom stereocenters. The minimum Gasteiger partial charge on any atom is -0.342 e. The summed E-state index contributed by atoms with van der Waals surface area (Å²) in [4.78, 5) is 14.6. The van der Waals surface area contributed by atoms with Gasteiger partial charge in [0.25, 0.3) is 0 Å². The van der Waals surface area contributed by atoms with E-state index in [1.807, 2.05) is 24.0 Å². The Labute approximate surface area is 156 Å². The lowest BCUT2D eigenvalue weighted by atomic mass is 9.98. The van der Waals surface area contributed by atoms with Crippen molar-refractivity contribution in [2.24, 2.45) is 17.6 Å². The Morgan fingerprint density at radius 1 is 1.19 bits per heavy atom. The van der Waals surface area contributed by atoms with Crippen LogP contribution in [0.15, 0.2) is 17.0 Å². The van der Waals surface area contributed by atoms with Gasteiger partial charge in [0.15, 0.2) is 0 Å². The van der Waals surface area contributed by atoms with Crippen molar-refractivity contribution in [2.45, 2.75) is 51.0 Å². The molecule has 0 spiro atoms. The monoisotopic (exact) mass is 379 g/mol. The number of rotatable bonds is 5. The van der Waals surface area contributed by atoms with Gasteiger partial charge in [-0.3, -0.25) is 4.79 Å². The Kier molecular flexibility index (Phi) is 5.42. The summed E-state index contributed by atoms with van der Waals surface area (Å²) in [7, 11) is -3.62. The van der Waals surface area contributed by atoms with Gasteiger partial charge in [-0.25, -0.2) is 13.1 Å². The number of nitrogens with one attached hydrogen (secondary N) is 1. The van der Waals surface area contributed by atoms with Gasteiger partial charge in [0.2, 0.25) is 15.9 Å². The van der Waals surface area contributed by atoms with Crippen LogP contribution in [0, 0.1) is 32.6 Å². The highest BCUT2D eigenvalue weighted by Gasteiger charge is 2.42. The summed E-state index contributed by atoms with van der Waals surface area (Å²) in [5.74, 6) is 0.934. The van der Waals surface area contributed by atoms with Crippen molar-refractivity contribution in [3.63, 3.8) is 0 Å². The van der Waals surface area contributed by atoms with Gasteiger partial charge in [0.05, 0.1) is 4.90 Å². The molecule has 0 radical (unpaired) electrons. The Morgan fingerprint density at radius 2 is 1.85 bits per heavy atom. The van der Waals surface area contributed by atoms with Crippen molar-refractivity contribution in [1.29, 1.82) is 0 Å². The van der Waals surface area contributed by atoms with Crippen molar-refractivity contribution < 1.29 is 13.2 Å². The molecule has 2 fully saturated rings. The number of amides is 1. The third-order valence-electron chi connectivity index (χ3n) is 5.77. The number of sulfonamides is 1. The fraction of sp³-hybridized carbons (Fsp3) is 0.632. The number of nitrogens with zero attached hydrogens (tertiary/aromatic N) is 1. The number of carbonyl (C=O) groups excluding carboxylic acids is 1. The molecule has 1 aliphatic carbocycles. The maximum absolute atomic E-state index is 12.6. The zero-order chi connectivity index (χ0) is 19.1. The van der Waals surface area contributed by atoms with Crippen LogP contribution in [-0.2, 0) is 14.8 Å². The van der Waals surface area contributed by atoms with Crippen LogP contribution in [0.2, 0.25) is 0 Å². The van der Waals surface area contributed by atoms with Gasteiger partial charge in [-0.15, -0.1) is 0 Å². The summed E-state index contributed by atoms with van der Waals surface area (Å²) >= 11 is 0. The first kappa shape index (κ1) is 19.3. The molecule has 144 valence electrons. The van der Waals surface area contributed by atoms with Crippen molar-refractivity contribution in [3.05, 3.63) is 28.8 Å². The molecule has 1 aliphatic heterocycles. The average molecular weight is 380 g/mol. The highest BCUT2D eigenvalue weighted by Crippen LogP contribution is 2.37. The van der Waals surface area contributed by atoms with Gasteiger partial charge >= 0.3 is 0 Å². The summed E-state index contributed by atoms with van der Waals surface area (Å²) in [6.45, 7) is 7.14. The molecular formula is C19H29N3O3S. The molecule has 1 aromatic carbocycles. The molecule has 1 heterocycles. The Balaban J connectivity index is 1.57. The summed E-state index contributed by atoms with van der Waals surface area (Å²) in [6.07, 6.45) is 2.32. The number of aryl methyl sites for hydroxylation is 3. The van der Waals surface area contributed by atoms with Crippen LogP contribution in [0.1, 0.15) is 36.0 Å². The predicted octanol–water partition coefficient (Wildman–Crippen LogP) is 1.48. The molecule has 26 heavy (non-hydrogen) atoms. The molecule has 7 heteroatoms. The molecule has 1 amide bonds. The standard InChI is InChI=1S/C19H29N3O3S/c1-12-8-13(2)19(14(3)9-12)26(24,25)21-7-6-18(23)22-10-15-4-5-17(20)16(15)11-22/h8-9,15-17,21H,4-7,10-11,20H2,1-3H3. The maximum atomic E-state index is 12.6. The second-order valence-electron chi connectivity index (χ2n) is 7.84. The first-order valence-corrected chi connectivity index (χ1v) is 10.8. The molecular weight excluding hydrogens is 350 g/mol. The van der Waals surface area contributed by atoms with Crippen LogP contribution in [0.5, 0.6) is 0 Å². The minimum atomic E-state index is -3.62. The SMILES string of the molecule is Cc1cc(C)c(S(=O)(=O)NCCC(=O)N2CC3CCC(N)C3C2)c(C)c1. The number of likely N-dealkylation sites (tertiary alicyclic amines) is 1. The lowest BCUT2D eigenvalue weighted by Crippen LogP contribution is -2.35. The number of fused-ring (bicyclic) bond motifs is 1. The van der Waals surface area contributed by atoms with E-state index in [1.165, 1.54) is 0 Å². The van der Waals surface area contributed by atoms with Gasteiger partial charge in [-0.05, 0) is 56.6 Å². The number of hydrogen-bond donors (Lipinski definition) is 2. The summed E-state index contributed by atoms with van der Waals surface area (Å²) in [5.41, 5.74) is 8.60. The summed E-state index contributed by atoms with van der Waals surface area (Å²) < 4.78 is 27.9. The third kappa shape index (κ3) is 3.80. The van der Waals surface area contributed by atoms with Crippen molar-refractivity contribution in [1.82, 2.24) is 9.62 Å². The van der Waals surface area contributed by atoms with E-state index in [-0.39, 0.29) is 24.9 Å². The first-order valence-electron chi connectivity index (χ1n) is 9.30. The average Bonchev–Trinajstić information content (AvgIpc) is 3.08. The largest absolute Gasteiger partial charge is 0.342 e. The van der Waals surface area contributed by atoms with Gasteiger partial charge < -0.3 is 10.6 Å². The number of hydrogen-bond acceptors (Lipinski definition) is 4. The molecule has 6 nitrogen and oxygen atoms in total. The third-order valence-corrected chi connectivity index (χ3v) is 7.53. The number of carbonyl (C=O) groups is 1. The zero-order valence-corrected chi connectivity index (χ0v) is 16.6. The van der Waals surface area contributed by atoms with Crippen LogP contribution in [0.25, 0.3) is 0 Å². The highest BCUT2D eigenvalue weighted by molar-refractivity contribution is 7.89. The second kappa shape index (κ2) is 7.29. The van der Waals surface area contributed by atoms with E-state index in [2.05, 4.69) is 4.72 Å². The van der Waals surface area contributed by atoms with Crippen LogP contribution in [0.3, 0.4) is 0 Å². The molecule has 3 rings (SSSR count). The van der Waals surface area contributed by atoms with E-state index in [1.54, 1.807) is 13.8 Å². The second-order valence-corrected chi connectivity index (χ2v) is 9.54. The van der Waals surface area contributed by atoms with E-state index in [0.717, 1.165) is 36.1 Å². The first-order chi connectivity index (χ1) is 12.2. The number of nitrogens with two attached hydrogens (primary N) is 1. The van der Waals surface area contributed by atoms with Crippen molar-refractivity contribution in [2.75, 3.05) is 19.6 Å².